The first-order valence-corrected chi connectivity index (χ1v) is 9.78. The van der Waals surface area contributed by atoms with Gasteiger partial charge in [-0.2, -0.15) is 0 Å². The van der Waals surface area contributed by atoms with Crippen LogP contribution in [0.25, 0.3) is 21.9 Å². The van der Waals surface area contributed by atoms with Gasteiger partial charge in [0, 0.05) is 37.3 Å². The third-order valence-electron chi connectivity index (χ3n) is 5.42. The van der Waals surface area contributed by atoms with Crippen LogP contribution in [0.4, 0.5) is 5.69 Å². The van der Waals surface area contributed by atoms with Gasteiger partial charge in [-0.15, -0.1) is 0 Å². The van der Waals surface area contributed by atoms with Crippen molar-refractivity contribution in [3.05, 3.63) is 75.3 Å². The minimum Gasteiger partial charge on any atom is -0.478 e. The molecule has 1 N–H and O–H groups in total. The highest BCUT2D eigenvalue weighted by atomic mass is 16.6. The Morgan fingerprint density at radius 1 is 1.09 bits per heavy atom. The van der Waals surface area contributed by atoms with Crippen molar-refractivity contribution in [3.63, 3.8) is 0 Å². The summed E-state index contributed by atoms with van der Waals surface area (Å²) in [7, 11) is 1.51. The lowest BCUT2D eigenvalue weighted by Gasteiger charge is -2.27. The molecule has 32 heavy (non-hydrogen) atoms. The summed E-state index contributed by atoms with van der Waals surface area (Å²) in [5.41, 5.74) is 0.424. The minimum atomic E-state index is -1.17. The van der Waals surface area contributed by atoms with Crippen LogP contribution in [0.3, 0.4) is 0 Å². The number of methoxy groups -OCH3 is 1. The predicted molar refractivity (Wildman–Crippen MR) is 115 cm³/mol. The number of ether oxygens (including phenoxy) is 1. The van der Waals surface area contributed by atoms with E-state index in [-0.39, 0.29) is 34.5 Å². The van der Waals surface area contributed by atoms with Gasteiger partial charge < -0.3 is 9.84 Å². The highest BCUT2D eigenvalue weighted by Crippen LogP contribution is 2.42. The predicted octanol–water partition coefficient (Wildman–Crippen LogP) is 3.75. The number of carboxylic acids is 1. The first kappa shape index (κ1) is 21.1. The van der Waals surface area contributed by atoms with Crippen LogP contribution in [-0.4, -0.2) is 53.0 Å². The second kappa shape index (κ2) is 8.20. The third kappa shape index (κ3) is 3.38. The van der Waals surface area contributed by atoms with Gasteiger partial charge in [0.25, 0.3) is 17.5 Å². The van der Waals surface area contributed by atoms with Gasteiger partial charge in [0.15, 0.2) is 0 Å². The average Bonchev–Trinajstić information content (AvgIpc) is 2.78. The number of nitrogens with zero attached hydrogens (tertiary/aromatic N) is 2. The quantitative estimate of drug-likeness (QED) is 0.260. The Morgan fingerprint density at radius 2 is 1.81 bits per heavy atom. The Kier molecular flexibility index (Phi) is 5.41. The summed E-state index contributed by atoms with van der Waals surface area (Å²) >= 11 is 0. The molecule has 9 heteroatoms. The van der Waals surface area contributed by atoms with E-state index in [2.05, 4.69) is 0 Å². The summed E-state index contributed by atoms with van der Waals surface area (Å²) in [5, 5.41) is 22.0. The Morgan fingerprint density at radius 3 is 2.50 bits per heavy atom. The first-order chi connectivity index (χ1) is 15.3. The fraction of sp³-hybridized carbons (Fsp3) is 0.174. The molecule has 1 aliphatic heterocycles. The molecular formula is C23H18N2O7. The Bertz CT molecular complexity index is 1300. The molecular weight excluding hydrogens is 416 g/mol. The van der Waals surface area contributed by atoms with Crippen LogP contribution in [0.5, 0.6) is 0 Å². The van der Waals surface area contributed by atoms with Crippen LogP contribution >= 0.6 is 0 Å². The molecule has 0 aromatic heterocycles. The fourth-order valence-electron chi connectivity index (χ4n) is 4.02. The van der Waals surface area contributed by atoms with E-state index in [1.807, 2.05) is 0 Å². The summed E-state index contributed by atoms with van der Waals surface area (Å²) in [4.78, 5) is 50.1. The lowest BCUT2D eigenvalue weighted by molar-refractivity contribution is -0.384. The highest BCUT2D eigenvalue weighted by molar-refractivity contribution is 6.27. The molecule has 3 aromatic carbocycles. The number of hydrogen-bond acceptors (Lipinski definition) is 6. The zero-order chi connectivity index (χ0) is 23.0. The monoisotopic (exact) mass is 434 g/mol. The number of rotatable bonds is 7. The van der Waals surface area contributed by atoms with Crippen LogP contribution < -0.4 is 0 Å². The molecule has 4 rings (SSSR count). The molecule has 3 aromatic rings. The molecule has 0 aliphatic carbocycles. The zero-order valence-electron chi connectivity index (χ0n) is 17.0. The normalized spacial score (nSPS) is 13.0. The molecule has 0 unspecified atom stereocenters. The van der Waals surface area contributed by atoms with Crippen molar-refractivity contribution in [2.45, 2.75) is 6.42 Å². The van der Waals surface area contributed by atoms with Crippen LogP contribution in [0.15, 0.2) is 48.5 Å². The molecule has 0 radical (unpaired) electrons. The number of benzene rings is 3. The van der Waals surface area contributed by atoms with Gasteiger partial charge >= 0.3 is 5.97 Å². The van der Waals surface area contributed by atoms with Crippen LogP contribution in [0, 0.1) is 10.1 Å². The largest absolute Gasteiger partial charge is 0.478 e. The van der Waals surface area contributed by atoms with Gasteiger partial charge in [0.05, 0.1) is 21.6 Å². The van der Waals surface area contributed by atoms with Crippen molar-refractivity contribution >= 4 is 34.2 Å². The van der Waals surface area contributed by atoms with Crippen molar-refractivity contribution in [2.75, 3.05) is 20.3 Å². The van der Waals surface area contributed by atoms with Crippen molar-refractivity contribution in [3.8, 4) is 11.1 Å². The lowest BCUT2D eigenvalue weighted by Crippen LogP contribution is -2.41. The summed E-state index contributed by atoms with van der Waals surface area (Å²) in [5.74, 6) is -2.26. The summed E-state index contributed by atoms with van der Waals surface area (Å²) in [6.45, 7) is 0.477. The summed E-state index contributed by atoms with van der Waals surface area (Å²) < 4.78 is 4.99. The maximum absolute atomic E-state index is 13.1. The second-order valence-electron chi connectivity index (χ2n) is 7.30. The van der Waals surface area contributed by atoms with E-state index in [1.54, 1.807) is 24.3 Å². The standard InChI is InChI=1S/C23H18N2O7/c1-32-10-4-9-24-21(26)16-8-3-7-15-19(13-5-2-6-14(11-13)23(28)29)18(25(30)31)12-17(20(15)16)22(24)27/h2-3,5-8,11-12H,4,9-10H2,1H3,(H,28,29). The minimum absolute atomic E-state index is 0.0336. The van der Waals surface area contributed by atoms with Crippen molar-refractivity contribution in [1.82, 2.24) is 4.90 Å². The Balaban J connectivity index is 2.00. The molecule has 162 valence electrons. The lowest BCUT2D eigenvalue weighted by atomic mass is 9.87. The Labute approximate surface area is 182 Å². The van der Waals surface area contributed by atoms with E-state index < -0.39 is 22.7 Å². The fourth-order valence-corrected chi connectivity index (χ4v) is 4.02. The number of hydrogen-bond donors (Lipinski definition) is 1. The van der Waals surface area contributed by atoms with Crippen LogP contribution in [0.2, 0.25) is 0 Å². The van der Waals surface area contributed by atoms with Gasteiger partial charge in [-0.1, -0.05) is 24.3 Å². The molecule has 0 spiro atoms. The van der Waals surface area contributed by atoms with E-state index in [0.29, 0.717) is 29.4 Å². The third-order valence-corrected chi connectivity index (χ3v) is 5.42. The number of amides is 2. The highest BCUT2D eigenvalue weighted by Gasteiger charge is 2.36. The summed E-state index contributed by atoms with van der Waals surface area (Å²) in [6.07, 6.45) is 0.432. The molecule has 0 fully saturated rings. The molecule has 1 heterocycles. The molecule has 1 aliphatic rings. The van der Waals surface area contributed by atoms with E-state index in [0.717, 1.165) is 4.90 Å². The first-order valence-electron chi connectivity index (χ1n) is 9.78. The number of nitro benzene ring substituents is 1. The number of imide groups is 1. The molecule has 0 bridgehead atoms. The van der Waals surface area contributed by atoms with Crippen LogP contribution in [0.1, 0.15) is 37.5 Å². The maximum Gasteiger partial charge on any atom is 0.335 e. The van der Waals surface area contributed by atoms with Crippen molar-refractivity contribution in [2.24, 2.45) is 0 Å². The molecule has 9 nitrogen and oxygen atoms in total. The summed E-state index contributed by atoms with van der Waals surface area (Å²) in [6, 6.07) is 11.7. The molecule has 0 saturated heterocycles. The average molecular weight is 434 g/mol. The number of carbonyl (C=O) groups is 3. The molecule has 0 saturated carbocycles. The number of carboxylic acid groups (broad SMARTS) is 1. The second-order valence-corrected chi connectivity index (χ2v) is 7.30. The van der Waals surface area contributed by atoms with Gasteiger partial charge in [-0.05, 0) is 35.6 Å². The maximum atomic E-state index is 13.1. The number of aromatic carboxylic acids is 1. The van der Waals surface area contributed by atoms with Gasteiger partial charge in [0.1, 0.15) is 0 Å². The van der Waals surface area contributed by atoms with Crippen LogP contribution in [-0.2, 0) is 4.74 Å². The van der Waals surface area contributed by atoms with E-state index in [4.69, 9.17) is 4.74 Å². The van der Waals surface area contributed by atoms with E-state index in [9.17, 15) is 29.6 Å². The number of carbonyl (C=O) groups excluding carboxylic acids is 2. The smallest absolute Gasteiger partial charge is 0.335 e. The van der Waals surface area contributed by atoms with Crippen molar-refractivity contribution in [1.29, 1.82) is 0 Å². The van der Waals surface area contributed by atoms with Gasteiger partial charge in [0.2, 0.25) is 0 Å². The molecule has 0 atom stereocenters. The van der Waals surface area contributed by atoms with E-state index in [1.165, 1.54) is 31.4 Å². The number of nitro groups is 1. The SMILES string of the molecule is COCCCN1C(=O)c2cccc3c(-c4cccc(C(=O)O)c4)c([N+](=O)[O-])cc(c23)C1=O. The van der Waals surface area contributed by atoms with Gasteiger partial charge in [-0.25, -0.2) is 4.79 Å². The topological polar surface area (TPSA) is 127 Å². The Hall–Kier alpha value is -4.11. The van der Waals surface area contributed by atoms with Crippen molar-refractivity contribution < 1.29 is 29.2 Å². The zero-order valence-corrected chi connectivity index (χ0v) is 17.0. The molecule has 2 amide bonds. The van der Waals surface area contributed by atoms with E-state index >= 15 is 0 Å². The van der Waals surface area contributed by atoms with Gasteiger partial charge in [-0.3, -0.25) is 24.6 Å².